The average Bonchev–Trinajstić information content (AvgIpc) is 2.77. The normalized spacial score (nSPS) is 22.4. The first-order chi connectivity index (χ1) is 8.63. The number of ether oxygens (including phenoxy) is 1. The first kappa shape index (κ1) is 12.0. The number of hydrogen-bond acceptors (Lipinski definition) is 4. The van der Waals surface area contributed by atoms with Gasteiger partial charge >= 0.3 is 0 Å². The Balaban J connectivity index is 1.94. The van der Waals surface area contributed by atoms with E-state index in [0.717, 1.165) is 21.9 Å². The molecular formula is C13H12ClNO2S. The number of thiazole rings is 1. The predicted molar refractivity (Wildman–Crippen MR) is 71.2 cm³/mol. The molecule has 0 amide bonds. The first-order valence-electron chi connectivity index (χ1n) is 5.70. The van der Waals surface area contributed by atoms with Crippen LogP contribution in [0.3, 0.4) is 0 Å². The Morgan fingerprint density at radius 2 is 2.33 bits per heavy atom. The topological polar surface area (TPSA) is 42.4 Å². The van der Waals surface area contributed by atoms with Gasteiger partial charge in [0.1, 0.15) is 15.1 Å². The van der Waals surface area contributed by atoms with Crippen LogP contribution in [0.1, 0.15) is 34.8 Å². The molecule has 1 aromatic carbocycles. The van der Waals surface area contributed by atoms with E-state index in [9.17, 15) is 5.11 Å². The second-order valence-electron chi connectivity index (χ2n) is 4.40. The maximum absolute atomic E-state index is 10.2. The van der Waals surface area contributed by atoms with E-state index in [2.05, 4.69) is 4.98 Å². The third-order valence-electron chi connectivity index (χ3n) is 3.00. The number of aromatic nitrogens is 1. The zero-order valence-corrected chi connectivity index (χ0v) is 11.3. The molecule has 18 heavy (non-hydrogen) atoms. The Bertz CT molecular complexity index is 584. The molecule has 1 N–H and O–H groups in total. The number of hydrogen-bond donors (Lipinski definition) is 1. The van der Waals surface area contributed by atoms with Crippen molar-refractivity contribution in [2.75, 3.05) is 0 Å². The van der Waals surface area contributed by atoms with Crippen molar-refractivity contribution in [3.05, 3.63) is 44.9 Å². The Morgan fingerprint density at radius 1 is 1.50 bits per heavy atom. The van der Waals surface area contributed by atoms with Gasteiger partial charge in [0.15, 0.2) is 6.10 Å². The van der Waals surface area contributed by atoms with Gasteiger partial charge in [-0.05, 0) is 19.1 Å². The van der Waals surface area contributed by atoms with E-state index < -0.39 is 6.10 Å². The molecule has 2 heterocycles. The van der Waals surface area contributed by atoms with Gasteiger partial charge in [0.05, 0.1) is 12.3 Å². The number of aryl methyl sites for hydroxylation is 1. The molecule has 3 rings (SSSR count). The summed E-state index contributed by atoms with van der Waals surface area (Å²) in [5, 5.41) is 11.0. The van der Waals surface area contributed by atoms with Gasteiger partial charge in [0.25, 0.3) is 0 Å². The standard InChI is InChI=1S/C13H12ClNO2S/c1-7-2-3-10-8(4-7)9(16)5-11(17-10)13-15-6-12(14)18-13/h2-4,6,9,11,16H,5H2,1H3/t9-,11?/m0/s1. The third-order valence-corrected chi connectivity index (χ3v) is 4.21. The molecule has 0 spiro atoms. The second kappa shape index (κ2) is 4.53. The summed E-state index contributed by atoms with van der Waals surface area (Å²) in [5.74, 6) is 0.732. The molecule has 0 saturated carbocycles. The van der Waals surface area contributed by atoms with Gasteiger partial charge in [-0.15, -0.1) is 11.3 Å². The maximum Gasteiger partial charge on any atom is 0.153 e. The van der Waals surface area contributed by atoms with E-state index in [1.807, 2.05) is 25.1 Å². The molecule has 2 atom stereocenters. The lowest BCUT2D eigenvalue weighted by Crippen LogP contribution is -2.18. The van der Waals surface area contributed by atoms with Crippen LogP contribution in [0, 0.1) is 6.92 Å². The number of halogens is 1. The van der Waals surface area contributed by atoms with Crippen LogP contribution in [0.5, 0.6) is 5.75 Å². The number of nitrogens with zero attached hydrogens (tertiary/aromatic N) is 1. The summed E-state index contributed by atoms with van der Waals surface area (Å²) in [6, 6.07) is 5.84. The molecule has 1 aliphatic rings. The van der Waals surface area contributed by atoms with E-state index in [0.29, 0.717) is 10.8 Å². The summed E-state index contributed by atoms with van der Waals surface area (Å²) >= 11 is 7.27. The Hall–Kier alpha value is -1.10. The van der Waals surface area contributed by atoms with Crippen LogP contribution in [0.15, 0.2) is 24.4 Å². The monoisotopic (exact) mass is 281 g/mol. The number of fused-ring (bicyclic) bond motifs is 1. The lowest BCUT2D eigenvalue weighted by Gasteiger charge is -2.28. The van der Waals surface area contributed by atoms with Gasteiger partial charge in [-0.1, -0.05) is 23.2 Å². The molecule has 0 radical (unpaired) electrons. The summed E-state index contributed by atoms with van der Waals surface area (Å²) in [6.45, 7) is 2.00. The highest BCUT2D eigenvalue weighted by atomic mass is 35.5. The lowest BCUT2D eigenvalue weighted by atomic mass is 9.98. The second-order valence-corrected chi connectivity index (χ2v) is 6.10. The summed E-state index contributed by atoms with van der Waals surface area (Å²) in [7, 11) is 0. The fraction of sp³-hybridized carbons (Fsp3) is 0.308. The lowest BCUT2D eigenvalue weighted by molar-refractivity contribution is 0.0655. The molecule has 2 aromatic rings. The minimum absolute atomic E-state index is 0.215. The number of benzene rings is 1. The zero-order valence-electron chi connectivity index (χ0n) is 9.76. The van der Waals surface area contributed by atoms with Crippen molar-refractivity contribution in [2.24, 2.45) is 0 Å². The quantitative estimate of drug-likeness (QED) is 0.867. The fourth-order valence-corrected chi connectivity index (χ4v) is 3.11. The molecule has 5 heteroatoms. The van der Waals surface area contributed by atoms with E-state index in [1.54, 1.807) is 6.20 Å². The smallest absolute Gasteiger partial charge is 0.153 e. The van der Waals surface area contributed by atoms with Crippen molar-refractivity contribution in [1.29, 1.82) is 0 Å². The molecule has 0 bridgehead atoms. The van der Waals surface area contributed by atoms with Crippen LogP contribution < -0.4 is 4.74 Å². The molecule has 3 nitrogen and oxygen atoms in total. The first-order valence-corrected chi connectivity index (χ1v) is 6.89. The Morgan fingerprint density at radius 3 is 3.06 bits per heavy atom. The summed E-state index contributed by atoms with van der Waals surface area (Å²) in [5.41, 5.74) is 1.97. The summed E-state index contributed by atoms with van der Waals surface area (Å²) in [4.78, 5) is 4.21. The van der Waals surface area contributed by atoms with Gasteiger partial charge < -0.3 is 9.84 Å². The molecule has 1 aromatic heterocycles. The Labute approximate surface area is 114 Å². The van der Waals surface area contributed by atoms with E-state index in [4.69, 9.17) is 16.3 Å². The van der Waals surface area contributed by atoms with Crippen molar-refractivity contribution in [2.45, 2.75) is 25.6 Å². The fourth-order valence-electron chi connectivity index (χ4n) is 2.13. The van der Waals surface area contributed by atoms with E-state index in [-0.39, 0.29) is 6.10 Å². The average molecular weight is 282 g/mol. The summed E-state index contributed by atoms with van der Waals surface area (Å²) in [6.07, 6.45) is 1.40. The van der Waals surface area contributed by atoms with Gasteiger partial charge in [0.2, 0.25) is 0 Å². The minimum atomic E-state index is -0.513. The Kier molecular flexibility index (Phi) is 3.01. The molecule has 1 unspecified atom stereocenters. The van der Waals surface area contributed by atoms with E-state index >= 15 is 0 Å². The van der Waals surface area contributed by atoms with Crippen molar-refractivity contribution in [3.63, 3.8) is 0 Å². The molecule has 94 valence electrons. The molecule has 0 fully saturated rings. The molecule has 1 aliphatic heterocycles. The van der Waals surface area contributed by atoms with Crippen LogP contribution >= 0.6 is 22.9 Å². The molecule has 0 aliphatic carbocycles. The van der Waals surface area contributed by atoms with Gasteiger partial charge in [0, 0.05) is 12.0 Å². The van der Waals surface area contributed by atoms with Crippen molar-refractivity contribution >= 4 is 22.9 Å². The van der Waals surface area contributed by atoms with Crippen LogP contribution in [-0.4, -0.2) is 10.1 Å². The van der Waals surface area contributed by atoms with Crippen LogP contribution in [-0.2, 0) is 0 Å². The highest BCUT2D eigenvalue weighted by Crippen LogP contribution is 2.42. The van der Waals surface area contributed by atoms with Crippen LogP contribution in [0.4, 0.5) is 0 Å². The van der Waals surface area contributed by atoms with Gasteiger partial charge in [-0.3, -0.25) is 0 Å². The van der Waals surface area contributed by atoms with Crippen molar-refractivity contribution in [3.8, 4) is 5.75 Å². The zero-order chi connectivity index (χ0) is 12.7. The van der Waals surface area contributed by atoms with Crippen LogP contribution in [0.2, 0.25) is 4.34 Å². The van der Waals surface area contributed by atoms with Gasteiger partial charge in [-0.25, -0.2) is 4.98 Å². The van der Waals surface area contributed by atoms with Crippen molar-refractivity contribution < 1.29 is 9.84 Å². The van der Waals surface area contributed by atoms with E-state index in [1.165, 1.54) is 11.3 Å². The minimum Gasteiger partial charge on any atom is -0.483 e. The van der Waals surface area contributed by atoms with Crippen LogP contribution in [0.25, 0.3) is 0 Å². The maximum atomic E-state index is 10.2. The largest absolute Gasteiger partial charge is 0.483 e. The molecule has 0 saturated heterocycles. The predicted octanol–water partition coefficient (Wildman–Crippen LogP) is 3.66. The number of aliphatic hydroxyl groups excluding tert-OH is 1. The number of rotatable bonds is 1. The van der Waals surface area contributed by atoms with Crippen molar-refractivity contribution in [1.82, 2.24) is 4.98 Å². The highest BCUT2D eigenvalue weighted by Gasteiger charge is 2.29. The number of aliphatic hydroxyl groups is 1. The highest BCUT2D eigenvalue weighted by molar-refractivity contribution is 7.15. The molecular weight excluding hydrogens is 270 g/mol. The third kappa shape index (κ3) is 2.11. The SMILES string of the molecule is Cc1ccc2c(c1)[C@@H](O)CC(c1ncc(Cl)s1)O2. The van der Waals surface area contributed by atoms with Gasteiger partial charge in [-0.2, -0.15) is 0 Å². The summed E-state index contributed by atoms with van der Waals surface area (Å²) < 4.78 is 6.52.